The molecule has 0 saturated heterocycles. The number of phenolic OH excluding ortho intramolecular Hbond substituents is 1. The van der Waals surface area contributed by atoms with Gasteiger partial charge in [-0.2, -0.15) is 0 Å². The van der Waals surface area contributed by atoms with E-state index in [9.17, 15) is 5.11 Å². The molecule has 0 saturated carbocycles. The van der Waals surface area contributed by atoms with Crippen molar-refractivity contribution in [2.75, 3.05) is 0 Å². The summed E-state index contributed by atoms with van der Waals surface area (Å²) < 4.78 is 47.1. The minimum atomic E-state index is -3.66. The van der Waals surface area contributed by atoms with Crippen molar-refractivity contribution < 1.29 is 27.7 Å². The van der Waals surface area contributed by atoms with Crippen LogP contribution in [0.1, 0.15) is 0 Å². The molecule has 0 amide bonds. The van der Waals surface area contributed by atoms with Crippen LogP contribution < -0.4 is 22.6 Å². The number of hydrogen-bond donors (Lipinski definition) is 1. The highest BCUT2D eigenvalue weighted by molar-refractivity contribution is 7.75. The Labute approximate surface area is 244 Å². The molecule has 2 atom stereocenters. The predicted molar refractivity (Wildman–Crippen MR) is 165 cm³/mol. The lowest BCUT2D eigenvalue weighted by atomic mass is 10.3. The molecule has 5 aromatic rings. The number of benzene rings is 5. The first-order valence-electron chi connectivity index (χ1n) is 12.8. The molecule has 6 rings (SSSR count). The van der Waals surface area contributed by atoms with Crippen molar-refractivity contribution >= 4 is 23.4 Å². The van der Waals surface area contributed by atoms with Crippen LogP contribution in [0.3, 0.4) is 0 Å². The summed E-state index contributed by atoms with van der Waals surface area (Å²) in [6.45, 7) is 0. The van der Waals surface area contributed by atoms with E-state index in [4.69, 9.17) is 36.2 Å². The van der Waals surface area contributed by atoms with Crippen molar-refractivity contribution in [2.24, 2.45) is 13.5 Å². The smallest absolute Gasteiger partial charge is 0.508 e. The molecule has 5 aromatic carbocycles. The van der Waals surface area contributed by atoms with Crippen LogP contribution in [-0.2, 0) is 0 Å². The monoisotopic (exact) mass is 616 g/mol. The third-order valence-corrected chi connectivity index (χ3v) is 12.5. The number of phenols is 1. The van der Waals surface area contributed by atoms with Crippen LogP contribution in [0.15, 0.2) is 159 Å². The van der Waals surface area contributed by atoms with Crippen molar-refractivity contribution in [3.05, 3.63) is 146 Å². The number of aromatic hydroxyl groups is 1. The first kappa shape index (κ1) is 27.6. The molecule has 1 aliphatic heterocycles. The fourth-order valence-corrected chi connectivity index (χ4v) is 11.2. The zero-order valence-electron chi connectivity index (χ0n) is 22.0. The Morgan fingerprint density at radius 1 is 0.452 bits per heavy atom. The Balaban J connectivity index is 1.57. The summed E-state index contributed by atoms with van der Waals surface area (Å²) in [6.07, 6.45) is 0. The van der Waals surface area contributed by atoms with Gasteiger partial charge in [0.05, 0.1) is 9.03 Å². The fourth-order valence-electron chi connectivity index (χ4n) is 3.69. The Morgan fingerprint density at radius 2 is 0.833 bits per heavy atom. The molecule has 42 heavy (non-hydrogen) atoms. The lowest BCUT2D eigenvalue weighted by Crippen LogP contribution is -2.06. The van der Waals surface area contributed by atoms with E-state index in [-0.39, 0.29) is 5.75 Å². The summed E-state index contributed by atoms with van der Waals surface area (Å²) in [6, 6.07) is 43.0. The van der Waals surface area contributed by atoms with Gasteiger partial charge in [0.2, 0.25) is 0 Å². The SMILES string of the molecule is Oc1ccc(OP2(Oc3ccccc3)=N[P+](Oc3ccccc3)=NP(Oc3ccccc3)(Oc3ccccc3)=N2)cc1. The Hall–Kier alpha value is -4.54. The molecule has 9 nitrogen and oxygen atoms in total. The first-order valence-corrected chi connectivity index (χ1v) is 17.0. The fraction of sp³-hybridized carbons (Fsp3) is 0. The average Bonchev–Trinajstić information content (AvgIpc) is 3.00. The van der Waals surface area contributed by atoms with Gasteiger partial charge < -0.3 is 23.2 Å². The molecular weight excluding hydrogens is 591 g/mol. The second kappa shape index (κ2) is 12.5. The highest BCUT2D eigenvalue weighted by Crippen LogP contribution is 2.73. The van der Waals surface area contributed by atoms with E-state index in [1.165, 1.54) is 12.1 Å². The molecule has 0 spiro atoms. The van der Waals surface area contributed by atoms with Gasteiger partial charge in [-0.1, -0.05) is 77.3 Å². The van der Waals surface area contributed by atoms with Crippen LogP contribution in [0.4, 0.5) is 0 Å². The van der Waals surface area contributed by atoms with Crippen LogP contribution in [0.25, 0.3) is 0 Å². The first-order chi connectivity index (χ1) is 20.6. The van der Waals surface area contributed by atoms with Crippen molar-refractivity contribution in [3.63, 3.8) is 0 Å². The third kappa shape index (κ3) is 7.02. The quantitative estimate of drug-likeness (QED) is 0.157. The summed E-state index contributed by atoms with van der Waals surface area (Å²) in [7, 11) is -9.29. The Morgan fingerprint density at radius 3 is 1.29 bits per heavy atom. The Bertz CT molecular complexity index is 1730. The van der Waals surface area contributed by atoms with Crippen LogP contribution in [0.2, 0.25) is 0 Å². The molecule has 0 bridgehead atoms. The normalized spacial score (nSPS) is 17.9. The lowest BCUT2D eigenvalue weighted by molar-refractivity contribution is 0.455. The highest BCUT2D eigenvalue weighted by Gasteiger charge is 2.49. The molecule has 1 heterocycles. The van der Waals surface area contributed by atoms with Crippen molar-refractivity contribution in [1.82, 2.24) is 0 Å². The second-order valence-electron chi connectivity index (χ2n) is 8.70. The molecular formula is C30H25N3O6P3+. The maximum Gasteiger partial charge on any atom is 0.603 e. The largest absolute Gasteiger partial charge is 0.603 e. The van der Waals surface area contributed by atoms with Crippen LogP contribution >= 0.6 is 23.4 Å². The maximum atomic E-state index is 9.89. The molecule has 12 heteroatoms. The van der Waals surface area contributed by atoms with Gasteiger partial charge >= 0.3 is 23.4 Å². The molecule has 1 aliphatic rings. The van der Waals surface area contributed by atoms with Crippen LogP contribution in [0.5, 0.6) is 34.5 Å². The Kier molecular flexibility index (Phi) is 8.25. The summed E-state index contributed by atoms with van der Waals surface area (Å²) >= 11 is 0. The molecule has 210 valence electrons. The van der Waals surface area contributed by atoms with Gasteiger partial charge in [-0.3, -0.25) is 0 Å². The zero-order chi connectivity index (χ0) is 28.7. The van der Waals surface area contributed by atoms with E-state index in [0.29, 0.717) is 28.7 Å². The maximum absolute atomic E-state index is 9.89. The van der Waals surface area contributed by atoms with Gasteiger partial charge in [0.25, 0.3) is 0 Å². The van der Waals surface area contributed by atoms with Crippen molar-refractivity contribution in [2.45, 2.75) is 0 Å². The summed E-state index contributed by atoms with van der Waals surface area (Å²) in [5.41, 5.74) is 0. The number of hydrogen-bond acceptors (Lipinski definition) is 9. The van der Waals surface area contributed by atoms with E-state index in [1.54, 1.807) is 48.5 Å². The van der Waals surface area contributed by atoms with Gasteiger partial charge in [0.1, 0.15) is 28.7 Å². The molecule has 0 aromatic heterocycles. The molecule has 0 radical (unpaired) electrons. The predicted octanol–water partition coefficient (Wildman–Crippen LogP) is 10.5. The van der Waals surface area contributed by atoms with Gasteiger partial charge in [0.15, 0.2) is 5.75 Å². The molecule has 1 N–H and O–H groups in total. The number of nitrogens with zero attached hydrogens (tertiary/aromatic N) is 3. The number of para-hydroxylation sites is 4. The van der Waals surface area contributed by atoms with E-state index in [0.717, 1.165) is 0 Å². The standard InChI is InChI=1S/C30H24N3O6P3/c34-25-21-23-30(24-22-25)39-42(38-29-19-11-4-12-20-29)32-40(35-26-13-5-1-6-14-26)31-41(33-42,36-27-15-7-2-8-16-27)37-28-17-9-3-10-18-28/h1-24H/p+1. The summed E-state index contributed by atoms with van der Waals surface area (Å²) in [5, 5.41) is 9.89. The summed E-state index contributed by atoms with van der Waals surface area (Å²) in [5.74, 6) is 2.48. The van der Waals surface area contributed by atoms with Crippen molar-refractivity contribution in [3.8, 4) is 34.5 Å². The topological polar surface area (TPSA) is 103 Å². The second-order valence-corrected chi connectivity index (χ2v) is 14.2. The minimum absolute atomic E-state index is 0.0857. The number of rotatable bonds is 10. The molecule has 2 unspecified atom stereocenters. The van der Waals surface area contributed by atoms with E-state index < -0.39 is 23.4 Å². The molecule has 0 fully saturated rings. The van der Waals surface area contributed by atoms with Gasteiger partial charge in [-0.25, -0.2) is 4.52 Å². The van der Waals surface area contributed by atoms with Gasteiger partial charge in [0, 0.05) is 0 Å². The van der Waals surface area contributed by atoms with E-state index in [2.05, 4.69) is 0 Å². The van der Waals surface area contributed by atoms with E-state index >= 15 is 0 Å². The van der Waals surface area contributed by atoms with Crippen LogP contribution in [0, 0.1) is 0 Å². The average molecular weight is 616 g/mol. The zero-order valence-corrected chi connectivity index (χ0v) is 24.7. The minimum Gasteiger partial charge on any atom is -0.508 e. The van der Waals surface area contributed by atoms with E-state index in [1.807, 2.05) is 84.9 Å². The third-order valence-electron chi connectivity index (χ3n) is 5.50. The molecule has 0 aliphatic carbocycles. The van der Waals surface area contributed by atoms with Crippen molar-refractivity contribution in [1.29, 1.82) is 0 Å². The van der Waals surface area contributed by atoms with Gasteiger partial charge in [-0.15, -0.1) is 0 Å². The summed E-state index contributed by atoms with van der Waals surface area (Å²) in [4.78, 5) is 0. The van der Waals surface area contributed by atoms with Crippen LogP contribution in [-0.4, -0.2) is 5.11 Å². The van der Waals surface area contributed by atoms with Gasteiger partial charge in [-0.05, 0) is 72.8 Å². The lowest BCUT2D eigenvalue weighted by Gasteiger charge is -2.25. The highest BCUT2D eigenvalue weighted by atomic mass is 31.3.